The summed E-state index contributed by atoms with van der Waals surface area (Å²) in [5.74, 6) is 0.154. The van der Waals surface area contributed by atoms with Crippen LogP contribution in [0.4, 0.5) is 0 Å². The van der Waals surface area contributed by atoms with E-state index >= 15 is 0 Å². The topological polar surface area (TPSA) is 49.4 Å². The van der Waals surface area contributed by atoms with Gasteiger partial charge in [-0.1, -0.05) is 0 Å². The Hall–Kier alpha value is -1.36. The Morgan fingerprint density at radius 2 is 2.47 bits per heavy atom. The first-order chi connectivity index (χ1) is 8.27. The van der Waals surface area contributed by atoms with Gasteiger partial charge in [-0.2, -0.15) is 0 Å². The molecule has 1 aromatic rings. The van der Waals surface area contributed by atoms with Crippen LogP contribution in [0.1, 0.15) is 29.6 Å². The zero-order valence-corrected chi connectivity index (χ0v) is 10.4. The molecule has 0 aliphatic carbocycles. The van der Waals surface area contributed by atoms with E-state index in [1.165, 1.54) is 11.3 Å². The Balaban J connectivity index is 1.63. The van der Waals surface area contributed by atoms with E-state index in [4.69, 9.17) is 0 Å². The molecule has 5 heteroatoms. The molecule has 91 valence electrons. The summed E-state index contributed by atoms with van der Waals surface area (Å²) in [5, 5.41) is 7.54. The van der Waals surface area contributed by atoms with Gasteiger partial charge in [0.05, 0.1) is 10.9 Å². The summed E-state index contributed by atoms with van der Waals surface area (Å²) >= 11 is 1.39. The van der Waals surface area contributed by atoms with Crippen molar-refractivity contribution >= 4 is 23.2 Å². The second-order valence-corrected chi connectivity index (χ2v) is 4.74. The molecular formula is C12H15N2O2S. The average Bonchev–Trinajstić information content (AvgIpc) is 2.96. The van der Waals surface area contributed by atoms with Crippen molar-refractivity contribution in [2.45, 2.75) is 19.3 Å². The number of carbonyl (C=O) groups is 2. The van der Waals surface area contributed by atoms with Gasteiger partial charge < -0.3 is 10.2 Å². The SMILES string of the molecule is O=C(NCCCN1CCCC1=O)c1[c]scc1. The molecule has 0 saturated carbocycles. The van der Waals surface area contributed by atoms with E-state index in [1.54, 1.807) is 6.07 Å². The lowest BCUT2D eigenvalue weighted by Crippen LogP contribution is -2.30. The van der Waals surface area contributed by atoms with Gasteiger partial charge in [-0.25, -0.2) is 0 Å². The number of nitrogens with zero attached hydrogens (tertiary/aromatic N) is 1. The van der Waals surface area contributed by atoms with Crippen molar-refractivity contribution in [1.82, 2.24) is 10.2 Å². The standard InChI is InChI=1S/C12H15N2O2S/c15-11-3-1-6-14(11)7-2-5-13-12(16)10-4-8-17-9-10/h4,8H,1-3,5-7H2,(H,13,16). The van der Waals surface area contributed by atoms with Crippen molar-refractivity contribution < 1.29 is 9.59 Å². The number of likely N-dealkylation sites (tertiary alicyclic amines) is 1. The number of carbonyl (C=O) groups excluding carboxylic acids is 2. The summed E-state index contributed by atoms with van der Waals surface area (Å²) in [6, 6.07) is 1.75. The molecule has 17 heavy (non-hydrogen) atoms. The van der Waals surface area contributed by atoms with Crippen molar-refractivity contribution in [3.8, 4) is 0 Å². The van der Waals surface area contributed by atoms with Gasteiger partial charge in [0.1, 0.15) is 0 Å². The Labute approximate surface area is 105 Å². The van der Waals surface area contributed by atoms with E-state index in [0.717, 1.165) is 25.9 Å². The number of hydrogen-bond donors (Lipinski definition) is 1. The first kappa shape index (κ1) is 12.1. The largest absolute Gasteiger partial charge is 0.352 e. The van der Waals surface area contributed by atoms with Crippen LogP contribution in [0.2, 0.25) is 0 Å². The highest BCUT2D eigenvalue weighted by atomic mass is 32.1. The molecule has 2 rings (SSSR count). The van der Waals surface area contributed by atoms with Gasteiger partial charge in [-0.3, -0.25) is 9.59 Å². The molecule has 1 radical (unpaired) electrons. The summed E-state index contributed by atoms with van der Waals surface area (Å²) in [6.45, 7) is 2.21. The summed E-state index contributed by atoms with van der Waals surface area (Å²) in [5.41, 5.74) is 0.590. The molecule has 1 saturated heterocycles. The number of rotatable bonds is 5. The lowest BCUT2D eigenvalue weighted by molar-refractivity contribution is -0.127. The molecule has 0 bridgehead atoms. The van der Waals surface area contributed by atoms with Crippen molar-refractivity contribution in [1.29, 1.82) is 0 Å². The van der Waals surface area contributed by atoms with E-state index in [-0.39, 0.29) is 11.8 Å². The fourth-order valence-corrected chi connectivity index (χ4v) is 2.42. The predicted molar refractivity (Wildman–Crippen MR) is 65.9 cm³/mol. The minimum atomic E-state index is -0.0843. The van der Waals surface area contributed by atoms with Crippen LogP contribution in [0.5, 0.6) is 0 Å². The highest BCUT2D eigenvalue weighted by Crippen LogP contribution is 2.09. The molecule has 2 amide bonds. The Bertz CT molecular complexity index is 389. The molecule has 1 aliphatic heterocycles. The number of hydrogen-bond acceptors (Lipinski definition) is 3. The molecular weight excluding hydrogens is 236 g/mol. The van der Waals surface area contributed by atoms with Gasteiger partial charge in [0.2, 0.25) is 5.91 Å². The Kier molecular flexibility index (Phi) is 4.14. The maximum Gasteiger partial charge on any atom is 0.252 e. The quantitative estimate of drug-likeness (QED) is 0.802. The first-order valence-corrected chi connectivity index (χ1v) is 6.66. The third-order valence-electron chi connectivity index (χ3n) is 2.78. The number of nitrogens with one attached hydrogen (secondary N) is 1. The molecule has 2 heterocycles. The van der Waals surface area contributed by atoms with Gasteiger partial charge in [-0.15, -0.1) is 11.3 Å². The highest BCUT2D eigenvalue weighted by molar-refractivity contribution is 7.07. The molecule has 0 unspecified atom stereocenters. The predicted octanol–water partition coefficient (Wildman–Crippen LogP) is 1.29. The third-order valence-corrected chi connectivity index (χ3v) is 3.39. The number of amides is 2. The summed E-state index contributed by atoms with van der Waals surface area (Å²) in [7, 11) is 0. The third kappa shape index (κ3) is 3.30. The van der Waals surface area contributed by atoms with Crippen LogP contribution in [0.3, 0.4) is 0 Å². The molecule has 1 N–H and O–H groups in total. The van der Waals surface area contributed by atoms with Crippen LogP contribution in [0.15, 0.2) is 11.4 Å². The Morgan fingerprint density at radius 3 is 3.12 bits per heavy atom. The minimum absolute atomic E-state index is 0.0843. The molecule has 1 aromatic heterocycles. The average molecular weight is 251 g/mol. The summed E-state index contributed by atoms with van der Waals surface area (Å²) in [4.78, 5) is 24.7. The second kappa shape index (κ2) is 5.82. The minimum Gasteiger partial charge on any atom is -0.352 e. The fourth-order valence-electron chi connectivity index (χ4n) is 1.86. The van der Waals surface area contributed by atoms with Crippen LogP contribution in [-0.4, -0.2) is 36.3 Å². The maximum atomic E-state index is 11.5. The molecule has 1 aliphatic rings. The van der Waals surface area contributed by atoms with Crippen molar-refractivity contribution in [2.24, 2.45) is 0 Å². The molecule has 0 spiro atoms. The highest BCUT2D eigenvalue weighted by Gasteiger charge is 2.19. The van der Waals surface area contributed by atoms with E-state index in [0.29, 0.717) is 18.5 Å². The first-order valence-electron chi connectivity index (χ1n) is 5.78. The van der Waals surface area contributed by atoms with Gasteiger partial charge >= 0.3 is 0 Å². The lowest BCUT2D eigenvalue weighted by Gasteiger charge is -2.15. The lowest BCUT2D eigenvalue weighted by atomic mass is 10.3. The molecule has 0 atom stereocenters. The zero-order chi connectivity index (χ0) is 12.1. The van der Waals surface area contributed by atoms with Crippen LogP contribution >= 0.6 is 11.3 Å². The molecule has 4 nitrogen and oxygen atoms in total. The van der Waals surface area contributed by atoms with Gasteiger partial charge in [0, 0.05) is 26.1 Å². The Morgan fingerprint density at radius 1 is 1.59 bits per heavy atom. The number of thiophene rings is 1. The van der Waals surface area contributed by atoms with E-state index in [1.807, 2.05) is 10.3 Å². The van der Waals surface area contributed by atoms with Gasteiger partial charge in [0.15, 0.2) is 0 Å². The van der Waals surface area contributed by atoms with Crippen LogP contribution in [0.25, 0.3) is 0 Å². The van der Waals surface area contributed by atoms with Crippen LogP contribution < -0.4 is 5.32 Å². The monoisotopic (exact) mass is 251 g/mol. The summed E-state index contributed by atoms with van der Waals surface area (Å²) < 4.78 is 0. The van der Waals surface area contributed by atoms with Crippen LogP contribution in [-0.2, 0) is 4.79 Å². The molecule has 1 fully saturated rings. The van der Waals surface area contributed by atoms with Gasteiger partial charge in [-0.05, 0) is 24.3 Å². The van der Waals surface area contributed by atoms with E-state index in [9.17, 15) is 9.59 Å². The summed E-state index contributed by atoms with van der Waals surface area (Å²) in [6.07, 6.45) is 2.45. The van der Waals surface area contributed by atoms with E-state index in [2.05, 4.69) is 10.7 Å². The van der Waals surface area contributed by atoms with E-state index < -0.39 is 0 Å². The van der Waals surface area contributed by atoms with Crippen molar-refractivity contribution in [2.75, 3.05) is 19.6 Å². The maximum absolute atomic E-state index is 11.5. The fraction of sp³-hybridized carbons (Fsp3) is 0.500. The second-order valence-electron chi connectivity index (χ2n) is 4.03. The van der Waals surface area contributed by atoms with Crippen molar-refractivity contribution in [3.63, 3.8) is 0 Å². The van der Waals surface area contributed by atoms with Crippen molar-refractivity contribution in [3.05, 3.63) is 22.4 Å². The van der Waals surface area contributed by atoms with Crippen LogP contribution in [0, 0.1) is 5.38 Å². The smallest absolute Gasteiger partial charge is 0.252 e. The zero-order valence-electron chi connectivity index (χ0n) is 9.57. The van der Waals surface area contributed by atoms with Gasteiger partial charge in [0.25, 0.3) is 5.91 Å². The normalized spacial score (nSPS) is 15.3. The molecule has 0 aromatic carbocycles.